The number of rotatable bonds is 4. The van der Waals surface area contributed by atoms with E-state index >= 15 is 0 Å². The molecule has 0 atom stereocenters. The summed E-state index contributed by atoms with van der Waals surface area (Å²) < 4.78 is 0. The van der Waals surface area contributed by atoms with Crippen molar-refractivity contribution in [2.24, 2.45) is 0 Å². The number of hydrogen-bond acceptors (Lipinski definition) is 4. The molecule has 0 unspecified atom stereocenters. The Hall–Kier alpha value is -3.13. The van der Waals surface area contributed by atoms with Crippen molar-refractivity contribution in [3.8, 4) is 17.3 Å². The number of aromatic nitrogens is 3. The van der Waals surface area contributed by atoms with Gasteiger partial charge in [0.05, 0.1) is 0 Å². The van der Waals surface area contributed by atoms with E-state index in [1.165, 1.54) is 0 Å². The Morgan fingerprint density at radius 3 is 2.68 bits per heavy atom. The van der Waals surface area contributed by atoms with E-state index in [9.17, 15) is 0 Å². The average Bonchev–Trinajstić information content (AvgIpc) is 3.04. The van der Waals surface area contributed by atoms with Gasteiger partial charge in [-0.05, 0) is 23.8 Å². The van der Waals surface area contributed by atoms with Crippen LogP contribution in [0.4, 0.5) is 5.69 Å². The summed E-state index contributed by atoms with van der Waals surface area (Å²) in [7, 11) is 2.05. The van der Waals surface area contributed by atoms with E-state index in [1.54, 1.807) is 0 Å². The van der Waals surface area contributed by atoms with E-state index in [4.69, 9.17) is 5.26 Å². The lowest BCUT2D eigenvalue weighted by molar-refractivity contribution is 0.922. The molecule has 1 heterocycles. The smallest absolute Gasteiger partial charge is 0.190 e. The van der Waals surface area contributed by atoms with Crippen molar-refractivity contribution in [1.29, 1.82) is 5.26 Å². The average molecular weight is 289 g/mol. The first-order valence-electron chi connectivity index (χ1n) is 6.94. The van der Waals surface area contributed by atoms with Crippen LogP contribution in [0, 0.1) is 11.3 Å². The molecule has 0 radical (unpaired) electrons. The van der Waals surface area contributed by atoms with Crippen LogP contribution in [0.2, 0.25) is 0 Å². The first kappa shape index (κ1) is 13.8. The van der Waals surface area contributed by atoms with Crippen LogP contribution < -0.4 is 4.90 Å². The highest BCUT2D eigenvalue weighted by Gasteiger charge is 2.10. The van der Waals surface area contributed by atoms with Gasteiger partial charge in [-0.25, -0.2) is 0 Å². The van der Waals surface area contributed by atoms with Gasteiger partial charge in [0.15, 0.2) is 5.69 Å². The summed E-state index contributed by atoms with van der Waals surface area (Å²) >= 11 is 0. The van der Waals surface area contributed by atoms with Gasteiger partial charge in [0.2, 0.25) is 0 Å². The molecule has 0 aliphatic heterocycles. The number of benzene rings is 2. The molecule has 5 nitrogen and oxygen atoms in total. The van der Waals surface area contributed by atoms with Gasteiger partial charge in [0.1, 0.15) is 11.8 Å². The number of nitrogens with one attached hydrogen (secondary N) is 1. The molecule has 0 saturated carbocycles. The van der Waals surface area contributed by atoms with Gasteiger partial charge in [-0.15, -0.1) is 5.10 Å². The van der Waals surface area contributed by atoms with Crippen molar-refractivity contribution in [1.82, 2.24) is 15.4 Å². The Balaban J connectivity index is 1.85. The van der Waals surface area contributed by atoms with Gasteiger partial charge >= 0.3 is 0 Å². The largest absolute Gasteiger partial charge is 0.370 e. The summed E-state index contributed by atoms with van der Waals surface area (Å²) in [5.41, 5.74) is 4.10. The van der Waals surface area contributed by atoms with Crippen molar-refractivity contribution in [3.63, 3.8) is 0 Å². The third-order valence-corrected chi connectivity index (χ3v) is 3.47. The van der Waals surface area contributed by atoms with Crippen LogP contribution in [0.1, 0.15) is 11.3 Å². The molecule has 0 spiro atoms. The Labute approximate surface area is 128 Å². The molecule has 0 fully saturated rings. The molecule has 22 heavy (non-hydrogen) atoms. The minimum absolute atomic E-state index is 0.313. The minimum Gasteiger partial charge on any atom is -0.370 e. The van der Waals surface area contributed by atoms with Gasteiger partial charge in [0, 0.05) is 24.8 Å². The molecule has 0 aliphatic rings. The van der Waals surface area contributed by atoms with Gasteiger partial charge in [-0.2, -0.15) is 15.6 Å². The van der Waals surface area contributed by atoms with E-state index < -0.39 is 0 Å². The summed E-state index contributed by atoms with van der Waals surface area (Å²) in [5.74, 6) is 0. The molecular weight excluding hydrogens is 274 g/mol. The molecule has 1 N–H and O–H groups in total. The minimum atomic E-state index is 0.313. The van der Waals surface area contributed by atoms with Crippen LogP contribution in [-0.4, -0.2) is 22.5 Å². The monoisotopic (exact) mass is 289 g/mol. The first-order valence-corrected chi connectivity index (χ1v) is 6.94. The van der Waals surface area contributed by atoms with Crippen LogP contribution in [0.5, 0.6) is 0 Å². The number of hydrogen-bond donors (Lipinski definition) is 1. The zero-order valence-corrected chi connectivity index (χ0v) is 12.2. The number of nitriles is 1. The van der Waals surface area contributed by atoms with Crippen LogP contribution in [0.25, 0.3) is 11.3 Å². The van der Waals surface area contributed by atoms with Crippen molar-refractivity contribution in [2.45, 2.75) is 6.54 Å². The fourth-order valence-corrected chi connectivity index (χ4v) is 2.37. The predicted octanol–water partition coefficient (Wildman–Crippen LogP) is 2.98. The second-order valence-electron chi connectivity index (χ2n) is 5.02. The lowest BCUT2D eigenvalue weighted by Crippen LogP contribution is -2.16. The highest BCUT2D eigenvalue weighted by Crippen LogP contribution is 2.22. The molecule has 3 aromatic rings. The second-order valence-corrected chi connectivity index (χ2v) is 5.02. The van der Waals surface area contributed by atoms with Crippen LogP contribution in [-0.2, 0) is 6.54 Å². The predicted molar refractivity (Wildman–Crippen MR) is 85.1 cm³/mol. The molecule has 5 heteroatoms. The highest BCUT2D eigenvalue weighted by molar-refractivity contribution is 5.64. The second kappa shape index (κ2) is 6.10. The number of anilines is 1. The van der Waals surface area contributed by atoms with Gasteiger partial charge in [0.25, 0.3) is 0 Å². The third-order valence-electron chi connectivity index (χ3n) is 3.47. The first-order chi connectivity index (χ1) is 10.8. The summed E-state index contributed by atoms with van der Waals surface area (Å²) in [6, 6.07) is 20.3. The Bertz CT molecular complexity index is 801. The number of H-pyrrole nitrogens is 1. The fraction of sp³-hybridized carbons (Fsp3) is 0.118. The molecule has 3 rings (SSSR count). The maximum absolute atomic E-state index is 9.05. The van der Waals surface area contributed by atoms with Crippen LogP contribution >= 0.6 is 0 Å². The standard InChI is InChI=1S/C17H15N5/c1-22(15-8-3-2-4-9-15)12-13-6-5-7-14(10-13)17-16(11-18)19-21-20-17/h2-10H,12H2,1H3,(H,19,20,21). The molecule has 2 aromatic carbocycles. The van der Waals surface area contributed by atoms with Gasteiger partial charge < -0.3 is 4.90 Å². The zero-order valence-electron chi connectivity index (χ0n) is 12.2. The van der Waals surface area contributed by atoms with Crippen molar-refractivity contribution >= 4 is 5.69 Å². The Morgan fingerprint density at radius 2 is 1.91 bits per heavy atom. The lowest BCUT2D eigenvalue weighted by Gasteiger charge is -2.19. The summed E-state index contributed by atoms with van der Waals surface area (Å²) in [6.07, 6.45) is 0. The third kappa shape index (κ3) is 2.81. The molecule has 0 saturated heterocycles. The summed E-state index contributed by atoms with van der Waals surface area (Å²) in [5, 5.41) is 19.5. The lowest BCUT2D eigenvalue weighted by atomic mass is 10.1. The van der Waals surface area contributed by atoms with Gasteiger partial charge in [-0.1, -0.05) is 36.4 Å². The Morgan fingerprint density at radius 1 is 1.09 bits per heavy atom. The summed E-state index contributed by atoms with van der Waals surface area (Å²) in [6.45, 7) is 0.775. The molecule has 0 aliphatic carbocycles. The topological polar surface area (TPSA) is 68.6 Å². The molecule has 108 valence electrons. The van der Waals surface area contributed by atoms with E-state index in [0.717, 1.165) is 23.4 Å². The quantitative estimate of drug-likeness (QED) is 0.801. The summed E-state index contributed by atoms with van der Waals surface area (Å²) in [4.78, 5) is 2.17. The molecular formula is C17H15N5. The zero-order chi connectivity index (χ0) is 15.4. The fourth-order valence-electron chi connectivity index (χ4n) is 2.37. The van der Waals surface area contributed by atoms with Crippen molar-refractivity contribution in [2.75, 3.05) is 11.9 Å². The maximum atomic E-state index is 9.05. The SMILES string of the molecule is CN(Cc1cccc(-c2n[nH]nc2C#N)c1)c1ccccc1. The number of aromatic amines is 1. The van der Waals surface area contributed by atoms with E-state index in [1.807, 2.05) is 42.5 Å². The van der Waals surface area contributed by atoms with Crippen molar-refractivity contribution in [3.05, 3.63) is 65.9 Å². The number of para-hydroxylation sites is 1. The Kier molecular flexibility index (Phi) is 3.84. The van der Waals surface area contributed by atoms with E-state index in [0.29, 0.717) is 11.4 Å². The number of nitrogens with zero attached hydrogens (tertiary/aromatic N) is 4. The molecule has 0 bridgehead atoms. The normalized spacial score (nSPS) is 10.2. The van der Waals surface area contributed by atoms with Crippen LogP contribution in [0.15, 0.2) is 54.6 Å². The maximum Gasteiger partial charge on any atom is 0.190 e. The van der Waals surface area contributed by atoms with E-state index in [2.05, 4.69) is 45.6 Å². The van der Waals surface area contributed by atoms with Gasteiger partial charge in [-0.3, -0.25) is 0 Å². The van der Waals surface area contributed by atoms with Crippen molar-refractivity contribution < 1.29 is 0 Å². The molecule has 1 aromatic heterocycles. The molecule has 0 amide bonds. The van der Waals surface area contributed by atoms with E-state index in [-0.39, 0.29) is 0 Å². The van der Waals surface area contributed by atoms with Crippen LogP contribution in [0.3, 0.4) is 0 Å². The highest BCUT2D eigenvalue weighted by atomic mass is 15.3.